The van der Waals surface area contributed by atoms with Gasteiger partial charge < -0.3 is 0 Å². The summed E-state index contributed by atoms with van der Waals surface area (Å²) in [6, 6.07) is 6.55. The van der Waals surface area contributed by atoms with E-state index < -0.39 is 0 Å². The quantitative estimate of drug-likeness (QED) is 0.621. The van der Waals surface area contributed by atoms with E-state index in [1.54, 1.807) is 6.07 Å². The summed E-state index contributed by atoms with van der Waals surface area (Å²) in [7, 11) is 6.12. The minimum Gasteiger partial charge on any atom is -0.207 e. The zero-order chi connectivity index (χ0) is 9.90. The highest BCUT2D eigenvalue weighted by Gasteiger charge is 2.21. The predicted octanol–water partition coefficient (Wildman–Crippen LogP) is 3.01. The summed E-state index contributed by atoms with van der Waals surface area (Å²) in [5.74, 6) is -0.214. The molecule has 0 saturated carbocycles. The van der Waals surface area contributed by atoms with Gasteiger partial charge in [0.2, 0.25) is 0 Å². The second-order valence-corrected chi connectivity index (χ2v) is 3.37. The average molecular weight is 176 g/mol. The van der Waals surface area contributed by atoms with E-state index in [1.165, 1.54) is 12.1 Å². The van der Waals surface area contributed by atoms with Gasteiger partial charge in [-0.05, 0) is 23.0 Å². The Morgan fingerprint density at radius 3 is 2.38 bits per heavy atom. The van der Waals surface area contributed by atoms with Crippen LogP contribution in [-0.4, -0.2) is 7.85 Å². The van der Waals surface area contributed by atoms with Crippen molar-refractivity contribution in [2.24, 2.45) is 0 Å². The van der Waals surface area contributed by atoms with E-state index in [4.69, 9.17) is 7.85 Å². The molecule has 0 atom stereocenters. The van der Waals surface area contributed by atoms with Gasteiger partial charge in [-0.1, -0.05) is 38.8 Å². The third-order valence-corrected chi connectivity index (χ3v) is 2.66. The van der Waals surface area contributed by atoms with Crippen LogP contribution in [0.2, 0.25) is 0 Å². The third-order valence-electron chi connectivity index (χ3n) is 2.66. The summed E-state index contributed by atoms with van der Waals surface area (Å²) in [6.07, 6.45) is 1.65. The van der Waals surface area contributed by atoms with Crippen LogP contribution in [0.1, 0.15) is 32.3 Å². The Morgan fingerprint density at radius 1 is 1.31 bits per heavy atom. The van der Waals surface area contributed by atoms with Gasteiger partial charge in [-0.15, -0.1) is 0 Å². The summed E-state index contributed by atoms with van der Waals surface area (Å²) in [6.45, 7) is 4.04. The van der Waals surface area contributed by atoms with Crippen LogP contribution < -0.4 is 0 Å². The molecule has 0 aliphatic carbocycles. The Kier molecular flexibility index (Phi) is 3.13. The molecule has 0 N–H and O–H groups in total. The molecule has 0 spiro atoms. The van der Waals surface area contributed by atoms with Crippen LogP contribution >= 0.6 is 0 Å². The number of halogens is 1. The molecule has 1 aromatic carbocycles. The van der Waals surface area contributed by atoms with Crippen LogP contribution in [0.5, 0.6) is 0 Å². The fourth-order valence-corrected chi connectivity index (χ4v) is 1.46. The van der Waals surface area contributed by atoms with Crippen molar-refractivity contribution in [2.75, 3.05) is 0 Å². The molecule has 13 heavy (non-hydrogen) atoms. The summed E-state index contributed by atoms with van der Waals surface area (Å²) in [4.78, 5) is 0. The number of hydrogen-bond acceptors (Lipinski definition) is 0. The molecule has 0 fully saturated rings. The molecule has 2 radical (unpaired) electrons. The minimum atomic E-state index is -0.373. The maximum absolute atomic E-state index is 12.9. The highest BCUT2D eigenvalue weighted by Crippen LogP contribution is 2.27. The number of rotatable bonds is 3. The molecule has 1 rings (SSSR count). The lowest BCUT2D eigenvalue weighted by atomic mass is 9.61. The van der Waals surface area contributed by atoms with Gasteiger partial charge in [0.1, 0.15) is 5.82 Å². The highest BCUT2D eigenvalue weighted by atomic mass is 19.1. The Bertz CT molecular complexity index is 279. The molecule has 0 aliphatic heterocycles. The molecule has 0 amide bonds. The Hall–Kier alpha value is -0.785. The zero-order valence-corrected chi connectivity index (χ0v) is 8.18. The predicted molar refractivity (Wildman–Crippen MR) is 54.4 cm³/mol. The fourth-order valence-electron chi connectivity index (χ4n) is 1.46. The smallest absolute Gasteiger partial charge is 0.123 e. The van der Waals surface area contributed by atoms with E-state index >= 15 is 0 Å². The average Bonchev–Trinajstić information content (AvgIpc) is 2.17. The van der Waals surface area contributed by atoms with Gasteiger partial charge in [0.25, 0.3) is 0 Å². The molecule has 0 heterocycles. The van der Waals surface area contributed by atoms with E-state index in [2.05, 4.69) is 0 Å². The SMILES string of the molecule is [B]C(CC)(CC)c1cccc(F)c1. The molecule has 2 heteroatoms. The second kappa shape index (κ2) is 3.95. The summed E-state index contributed by atoms with van der Waals surface area (Å²) < 4.78 is 12.9. The van der Waals surface area contributed by atoms with Gasteiger partial charge in [-0.2, -0.15) is 0 Å². The van der Waals surface area contributed by atoms with Crippen LogP contribution in [0.15, 0.2) is 24.3 Å². The second-order valence-electron chi connectivity index (χ2n) is 3.37. The Labute approximate surface area is 80.6 Å². The highest BCUT2D eigenvalue weighted by molar-refractivity contribution is 6.15. The van der Waals surface area contributed by atoms with Gasteiger partial charge in [-0.3, -0.25) is 0 Å². The molecule has 0 unspecified atom stereocenters. The number of benzene rings is 1. The largest absolute Gasteiger partial charge is 0.207 e. The molecular formula is C11H14BF. The fraction of sp³-hybridized carbons (Fsp3) is 0.455. The lowest BCUT2D eigenvalue weighted by Crippen LogP contribution is -2.24. The van der Waals surface area contributed by atoms with Crippen molar-refractivity contribution in [1.29, 1.82) is 0 Å². The topological polar surface area (TPSA) is 0 Å². The Morgan fingerprint density at radius 2 is 1.92 bits per heavy atom. The first kappa shape index (κ1) is 10.3. The number of hydrogen-bond donors (Lipinski definition) is 0. The normalized spacial score (nSPS) is 11.6. The molecule has 68 valence electrons. The van der Waals surface area contributed by atoms with Gasteiger partial charge in [0.15, 0.2) is 0 Å². The van der Waals surface area contributed by atoms with Crippen LogP contribution in [0.3, 0.4) is 0 Å². The summed E-state index contributed by atoms with van der Waals surface area (Å²) >= 11 is 0. The lowest BCUT2D eigenvalue weighted by molar-refractivity contribution is 0.554. The van der Waals surface area contributed by atoms with E-state index in [9.17, 15) is 4.39 Å². The third kappa shape index (κ3) is 2.12. The van der Waals surface area contributed by atoms with Crippen LogP contribution in [0.25, 0.3) is 0 Å². The van der Waals surface area contributed by atoms with Crippen molar-refractivity contribution in [1.82, 2.24) is 0 Å². The first-order valence-corrected chi connectivity index (χ1v) is 4.67. The molecule has 0 aliphatic rings. The van der Waals surface area contributed by atoms with E-state index in [-0.39, 0.29) is 11.1 Å². The molecule has 0 nitrogen and oxygen atoms in total. The van der Waals surface area contributed by atoms with Gasteiger partial charge in [0, 0.05) is 0 Å². The van der Waals surface area contributed by atoms with Crippen molar-refractivity contribution in [3.63, 3.8) is 0 Å². The maximum atomic E-state index is 12.9. The molecular weight excluding hydrogens is 162 g/mol. The van der Waals surface area contributed by atoms with Gasteiger partial charge in [0.05, 0.1) is 7.85 Å². The van der Waals surface area contributed by atoms with Gasteiger partial charge in [-0.25, -0.2) is 4.39 Å². The van der Waals surface area contributed by atoms with E-state index in [1.807, 2.05) is 19.9 Å². The van der Waals surface area contributed by atoms with E-state index in [0.717, 1.165) is 18.4 Å². The Balaban J connectivity index is 3.05. The van der Waals surface area contributed by atoms with Crippen LogP contribution in [0, 0.1) is 5.82 Å². The molecule has 0 saturated heterocycles. The minimum absolute atomic E-state index is 0.214. The van der Waals surface area contributed by atoms with Crippen molar-refractivity contribution in [3.05, 3.63) is 35.6 Å². The monoisotopic (exact) mass is 176 g/mol. The molecule has 1 aromatic rings. The van der Waals surface area contributed by atoms with Crippen LogP contribution in [0.4, 0.5) is 4.39 Å². The first-order valence-electron chi connectivity index (χ1n) is 4.67. The van der Waals surface area contributed by atoms with Crippen molar-refractivity contribution < 1.29 is 4.39 Å². The molecule has 0 bridgehead atoms. The van der Waals surface area contributed by atoms with Crippen LogP contribution in [-0.2, 0) is 5.31 Å². The maximum Gasteiger partial charge on any atom is 0.123 e. The van der Waals surface area contributed by atoms with Crippen molar-refractivity contribution >= 4 is 7.85 Å². The first-order chi connectivity index (χ1) is 6.12. The van der Waals surface area contributed by atoms with Crippen molar-refractivity contribution in [2.45, 2.75) is 32.0 Å². The zero-order valence-electron chi connectivity index (χ0n) is 8.18. The summed E-state index contributed by atoms with van der Waals surface area (Å²) in [5, 5.41) is -0.373. The van der Waals surface area contributed by atoms with Gasteiger partial charge >= 0.3 is 0 Å². The lowest BCUT2D eigenvalue weighted by Gasteiger charge is -2.27. The standard InChI is InChI=1S/C11H14BF/c1-3-11(12,4-2)9-6-5-7-10(13)8-9/h5-8H,3-4H2,1-2H3. The molecule has 0 aromatic heterocycles. The van der Waals surface area contributed by atoms with E-state index in [0.29, 0.717) is 0 Å². The van der Waals surface area contributed by atoms with Crippen molar-refractivity contribution in [3.8, 4) is 0 Å². The summed E-state index contributed by atoms with van der Waals surface area (Å²) in [5.41, 5.74) is 0.887.